The highest BCUT2D eigenvalue weighted by atomic mass is 35.5. The van der Waals surface area contributed by atoms with Crippen molar-refractivity contribution in [1.29, 1.82) is 0 Å². The van der Waals surface area contributed by atoms with Gasteiger partial charge in [-0.2, -0.15) is 0 Å². The van der Waals surface area contributed by atoms with Gasteiger partial charge in [-0.1, -0.05) is 44.2 Å². The van der Waals surface area contributed by atoms with Crippen molar-refractivity contribution in [3.05, 3.63) is 35.9 Å². The van der Waals surface area contributed by atoms with Crippen LogP contribution in [0.5, 0.6) is 0 Å². The first-order chi connectivity index (χ1) is 9.90. The van der Waals surface area contributed by atoms with E-state index in [0.717, 1.165) is 5.56 Å². The summed E-state index contributed by atoms with van der Waals surface area (Å²) >= 11 is 0. The number of carboxylic acid groups (broad SMARTS) is 1. The van der Waals surface area contributed by atoms with Crippen molar-refractivity contribution in [2.75, 3.05) is 0 Å². The number of carbonyl (C=O) groups is 2. The van der Waals surface area contributed by atoms with E-state index in [-0.39, 0.29) is 18.3 Å². The summed E-state index contributed by atoms with van der Waals surface area (Å²) in [6.07, 6.45) is 1.58. The predicted octanol–water partition coefficient (Wildman–Crippen LogP) is 1.98. The van der Waals surface area contributed by atoms with E-state index in [4.69, 9.17) is 10.8 Å². The van der Waals surface area contributed by atoms with E-state index in [9.17, 15) is 9.59 Å². The molecule has 1 amide bonds. The lowest BCUT2D eigenvalue weighted by molar-refractivity contribution is -0.142. The smallest absolute Gasteiger partial charge is 0.326 e. The van der Waals surface area contributed by atoms with Gasteiger partial charge in [-0.05, 0) is 30.7 Å². The Balaban J connectivity index is 0.00000441. The maximum atomic E-state index is 12.0. The van der Waals surface area contributed by atoms with Crippen LogP contribution in [-0.2, 0) is 16.0 Å². The monoisotopic (exact) mass is 328 g/mol. The molecule has 1 aromatic carbocycles. The average molecular weight is 329 g/mol. The molecule has 0 fully saturated rings. The normalized spacial score (nSPS) is 13.1. The number of carboxylic acids is 1. The van der Waals surface area contributed by atoms with Crippen molar-refractivity contribution >= 4 is 24.3 Å². The number of amides is 1. The average Bonchev–Trinajstić information content (AvgIpc) is 2.44. The lowest BCUT2D eigenvalue weighted by atomic mass is 10.0. The second-order valence-electron chi connectivity index (χ2n) is 5.66. The van der Waals surface area contributed by atoms with Crippen LogP contribution in [0, 0.1) is 5.92 Å². The van der Waals surface area contributed by atoms with Crippen LogP contribution < -0.4 is 11.1 Å². The predicted molar refractivity (Wildman–Crippen MR) is 89.0 cm³/mol. The van der Waals surface area contributed by atoms with Gasteiger partial charge in [-0.15, -0.1) is 12.4 Å². The summed E-state index contributed by atoms with van der Waals surface area (Å²) in [5.74, 6) is -1.24. The Labute approximate surface area is 137 Å². The second-order valence-corrected chi connectivity index (χ2v) is 5.66. The van der Waals surface area contributed by atoms with Gasteiger partial charge in [0.15, 0.2) is 0 Å². The Hall–Kier alpha value is -1.59. The molecule has 0 saturated carbocycles. The summed E-state index contributed by atoms with van der Waals surface area (Å²) < 4.78 is 0. The van der Waals surface area contributed by atoms with Crippen LogP contribution in [0.2, 0.25) is 0 Å². The Morgan fingerprint density at radius 2 is 1.82 bits per heavy atom. The van der Waals surface area contributed by atoms with E-state index >= 15 is 0 Å². The number of aliphatic carboxylic acids is 1. The third-order valence-electron chi connectivity index (χ3n) is 3.25. The van der Waals surface area contributed by atoms with Crippen LogP contribution in [-0.4, -0.2) is 29.1 Å². The molecule has 5 nitrogen and oxygen atoms in total. The van der Waals surface area contributed by atoms with Crippen LogP contribution in [0.1, 0.15) is 32.3 Å². The maximum absolute atomic E-state index is 12.0. The fourth-order valence-electron chi connectivity index (χ4n) is 2.07. The molecule has 22 heavy (non-hydrogen) atoms. The van der Waals surface area contributed by atoms with Crippen molar-refractivity contribution in [1.82, 2.24) is 5.32 Å². The topological polar surface area (TPSA) is 92.4 Å². The van der Waals surface area contributed by atoms with Gasteiger partial charge in [0, 0.05) is 0 Å². The number of carbonyl (C=O) groups excluding carboxylic acids is 1. The van der Waals surface area contributed by atoms with Gasteiger partial charge < -0.3 is 16.2 Å². The van der Waals surface area contributed by atoms with Crippen molar-refractivity contribution in [3.8, 4) is 0 Å². The Bertz CT molecular complexity index is 466. The molecular formula is C16H25ClN2O3. The van der Waals surface area contributed by atoms with Crippen LogP contribution in [0.4, 0.5) is 0 Å². The highest BCUT2D eigenvalue weighted by molar-refractivity contribution is 5.86. The van der Waals surface area contributed by atoms with Gasteiger partial charge in [0.25, 0.3) is 0 Å². The van der Waals surface area contributed by atoms with E-state index < -0.39 is 24.0 Å². The van der Waals surface area contributed by atoms with Crippen molar-refractivity contribution in [2.24, 2.45) is 11.7 Å². The number of hydrogen-bond donors (Lipinski definition) is 3. The largest absolute Gasteiger partial charge is 0.480 e. The molecule has 0 aliphatic rings. The molecular weight excluding hydrogens is 304 g/mol. The molecule has 124 valence electrons. The Morgan fingerprint density at radius 1 is 1.23 bits per heavy atom. The summed E-state index contributed by atoms with van der Waals surface area (Å²) in [4.78, 5) is 23.1. The van der Waals surface area contributed by atoms with Crippen molar-refractivity contribution in [3.63, 3.8) is 0 Å². The number of halogens is 1. The highest BCUT2D eigenvalue weighted by Gasteiger charge is 2.23. The maximum Gasteiger partial charge on any atom is 0.326 e. The summed E-state index contributed by atoms with van der Waals surface area (Å²) in [6.45, 7) is 3.83. The summed E-state index contributed by atoms with van der Waals surface area (Å²) in [5, 5.41) is 11.6. The first-order valence-electron chi connectivity index (χ1n) is 7.22. The molecule has 1 rings (SSSR count). The van der Waals surface area contributed by atoms with Gasteiger partial charge in [-0.3, -0.25) is 4.79 Å². The number of rotatable bonds is 8. The van der Waals surface area contributed by atoms with Crippen LogP contribution in [0.15, 0.2) is 30.3 Å². The highest BCUT2D eigenvalue weighted by Crippen LogP contribution is 2.07. The third-order valence-corrected chi connectivity index (χ3v) is 3.25. The minimum atomic E-state index is -1.02. The number of benzene rings is 1. The summed E-state index contributed by atoms with van der Waals surface area (Å²) in [6, 6.07) is 8.18. The zero-order valence-corrected chi connectivity index (χ0v) is 13.8. The van der Waals surface area contributed by atoms with Crippen LogP contribution >= 0.6 is 12.4 Å². The molecule has 0 saturated heterocycles. The minimum absolute atomic E-state index is 0. The third kappa shape index (κ3) is 7.43. The fourth-order valence-corrected chi connectivity index (χ4v) is 2.07. The van der Waals surface area contributed by atoms with Gasteiger partial charge in [-0.25, -0.2) is 4.79 Å². The van der Waals surface area contributed by atoms with E-state index in [2.05, 4.69) is 5.32 Å². The van der Waals surface area contributed by atoms with Gasteiger partial charge >= 0.3 is 5.97 Å². The number of aryl methyl sites for hydroxylation is 1. The molecule has 0 radical (unpaired) electrons. The Morgan fingerprint density at radius 3 is 2.32 bits per heavy atom. The van der Waals surface area contributed by atoms with Gasteiger partial charge in [0.2, 0.25) is 5.91 Å². The fraction of sp³-hybridized carbons (Fsp3) is 0.500. The minimum Gasteiger partial charge on any atom is -0.480 e. The molecule has 0 bridgehead atoms. The van der Waals surface area contributed by atoms with E-state index in [1.807, 2.05) is 44.2 Å². The lowest BCUT2D eigenvalue weighted by Gasteiger charge is -2.19. The van der Waals surface area contributed by atoms with Crippen LogP contribution in [0.3, 0.4) is 0 Å². The number of nitrogens with one attached hydrogen (secondary N) is 1. The second kappa shape index (κ2) is 10.2. The summed E-state index contributed by atoms with van der Waals surface area (Å²) in [7, 11) is 0. The zero-order valence-electron chi connectivity index (χ0n) is 13.0. The molecule has 4 N–H and O–H groups in total. The molecule has 2 atom stereocenters. The zero-order chi connectivity index (χ0) is 15.8. The van der Waals surface area contributed by atoms with Gasteiger partial charge in [0.1, 0.15) is 6.04 Å². The number of nitrogens with two attached hydrogens (primary N) is 1. The lowest BCUT2D eigenvalue weighted by Crippen LogP contribution is -2.49. The SMILES string of the molecule is CC(C)CC(NC(=O)[C@@H](N)CCc1ccccc1)C(=O)O.Cl. The number of hydrogen-bond acceptors (Lipinski definition) is 3. The van der Waals surface area contributed by atoms with E-state index in [1.165, 1.54) is 0 Å². The molecule has 1 aromatic rings. The van der Waals surface area contributed by atoms with Crippen molar-refractivity contribution in [2.45, 2.75) is 45.2 Å². The molecule has 1 unspecified atom stereocenters. The van der Waals surface area contributed by atoms with Gasteiger partial charge in [0.05, 0.1) is 6.04 Å². The van der Waals surface area contributed by atoms with E-state index in [0.29, 0.717) is 19.3 Å². The van der Waals surface area contributed by atoms with E-state index in [1.54, 1.807) is 0 Å². The molecule has 0 aliphatic carbocycles. The molecule has 0 aromatic heterocycles. The standard InChI is InChI=1S/C16H24N2O3.ClH/c1-11(2)10-14(16(20)21)18-15(19)13(17)9-8-12-6-4-3-5-7-12;/h3-7,11,13-14H,8-10,17H2,1-2H3,(H,18,19)(H,20,21);1H/t13-,14?;/m0./s1. The first kappa shape index (κ1) is 20.4. The molecule has 0 spiro atoms. The molecule has 0 heterocycles. The molecule has 0 aliphatic heterocycles. The Kier molecular flexibility index (Phi) is 9.45. The first-order valence-corrected chi connectivity index (χ1v) is 7.22. The molecule has 6 heteroatoms. The quantitative estimate of drug-likeness (QED) is 0.680. The summed E-state index contributed by atoms with van der Waals surface area (Å²) in [5.41, 5.74) is 6.95. The van der Waals surface area contributed by atoms with Crippen LogP contribution in [0.25, 0.3) is 0 Å². The van der Waals surface area contributed by atoms with Crippen molar-refractivity contribution < 1.29 is 14.7 Å².